The molecule has 0 radical (unpaired) electrons. The van der Waals surface area contributed by atoms with Crippen molar-refractivity contribution in [2.75, 3.05) is 6.61 Å². The van der Waals surface area contributed by atoms with Gasteiger partial charge in [-0.3, -0.25) is 4.79 Å². The highest BCUT2D eigenvalue weighted by molar-refractivity contribution is 5.72. The number of ether oxygens (including phenoxy) is 1. The summed E-state index contributed by atoms with van der Waals surface area (Å²) in [6, 6.07) is 13.9. The van der Waals surface area contributed by atoms with Gasteiger partial charge in [-0.15, -0.1) is 0 Å². The van der Waals surface area contributed by atoms with E-state index in [9.17, 15) is 15.0 Å². The van der Waals surface area contributed by atoms with Crippen molar-refractivity contribution < 1.29 is 19.7 Å². The number of phenolic OH excluding ortho intramolecular Hbond substituents is 2. The van der Waals surface area contributed by atoms with E-state index in [4.69, 9.17) is 4.74 Å². The number of carbonyl (C=O) groups excluding carboxylic acids is 1. The highest BCUT2D eigenvalue weighted by Gasteiger charge is 2.32. The number of benzene rings is 2. The molecule has 0 aliphatic rings. The summed E-state index contributed by atoms with van der Waals surface area (Å²) < 4.78 is 5.61. The third-order valence-electron chi connectivity index (χ3n) is 7.77. The van der Waals surface area contributed by atoms with Gasteiger partial charge < -0.3 is 14.9 Å². The second-order valence-corrected chi connectivity index (χ2v) is 11.1. The van der Waals surface area contributed by atoms with Crippen LogP contribution in [-0.2, 0) is 14.9 Å². The molecule has 2 aromatic carbocycles. The Morgan fingerprint density at radius 1 is 0.605 bits per heavy atom. The summed E-state index contributed by atoms with van der Waals surface area (Å²) in [5, 5.41) is 19.4. The molecule has 0 fully saturated rings. The summed E-state index contributed by atoms with van der Waals surface area (Å²) in [7, 11) is 0. The monoisotopic (exact) mass is 524 g/mol. The van der Waals surface area contributed by atoms with Crippen LogP contribution in [-0.4, -0.2) is 22.8 Å². The molecule has 4 nitrogen and oxygen atoms in total. The number of esters is 1. The number of phenols is 2. The number of unbranched alkanes of at least 4 members (excludes halogenated alkanes) is 15. The lowest BCUT2D eigenvalue weighted by Crippen LogP contribution is -2.28. The van der Waals surface area contributed by atoms with Crippen LogP contribution in [0.2, 0.25) is 0 Å². The second-order valence-electron chi connectivity index (χ2n) is 11.1. The van der Waals surface area contributed by atoms with Crippen LogP contribution in [0.15, 0.2) is 48.5 Å². The molecule has 0 bridgehead atoms. The van der Waals surface area contributed by atoms with E-state index in [0.717, 1.165) is 24.0 Å². The van der Waals surface area contributed by atoms with Crippen molar-refractivity contribution in [2.45, 2.75) is 128 Å². The van der Waals surface area contributed by atoms with Gasteiger partial charge in [-0.25, -0.2) is 0 Å². The maximum absolute atomic E-state index is 12.8. The summed E-state index contributed by atoms with van der Waals surface area (Å²) in [6.07, 6.45) is 21.3. The van der Waals surface area contributed by atoms with Gasteiger partial charge in [-0.2, -0.15) is 0 Å². The molecule has 2 N–H and O–H groups in total. The van der Waals surface area contributed by atoms with Crippen LogP contribution >= 0.6 is 0 Å². The zero-order chi connectivity index (χ0) is 27.5. The fraction of sp³-hybridized carbons (Fsp3) is 0.618. The minimum atomic E-state index is -0.618. The van der Waals surface area contributed by atoms with Gasteiger partial charge in [0, 0.05) is 5.41 Å². The van der Waals surface area contributed by atoms with Gasteiger partial charge >= 0.3 is 5.97 Å². The molecule has 2 rings (SSSR count). The summed E-state index contributed by atoms with van der Waals surface area (Å²) in [5.41, 5.74) is 1.22. The molecule has 212 valence electrons. The normalized spacial score (nSPS) is 11.5. The van der Waals surface area contributed by atoms with Gasteiger partial charge in [0.2, 0.25) is 0 Å². The Hall–Kier alpha value is -2.49. The molecule has 0 amide bonds. The van der Waals surface area contributed by atoms with Crippen molar-refractivity contribution >= 4 is 5.97 Å². The molecule has 38 heavy (non-hydrogen) atoms. The number of hydrogen-bond acceptors (Lipinski definition) is 4. The molecule has 0 saturated heterocycles. The number of carbonyl (C=O) groups is 1. The van der Waals surface area contributed by atoms with Crippen molar-refractivity contribution in [2.24, 2.45) is 0 Å². The minimum absolute atomic E-state index is 0.188. The molecular formula is C34H52O4. The fourth-order valence-corrected chi connectivity index (χ4v) is 5.21. The predicted octanol–water partition coefficient (Wildman–Crippen LogP) is 9.60. The molecule has 0 atom stereocenters. The summed E-state index contributed by atoms with van der Waals surface area (Å²) in [4.78, 5) is 12.8. The zero-order valence-electron chi connectivity index (χ0n) is 24.1. The molecule has 0 spiro atoms. The average Bonchev–Trinajstić information content (AvgIpc) is 2.91. The molecule has 4 heteroatoms. The number of aromatic hydroxyl groups is 2. The standard InChI is InChI=1S/C34H52O4/c1-3-4-5-6-7-8-9-10-11-12-13-14-15-16-17-18-27-38-33(37)28-34(2,29-19-23-31(35)24-20-29)30-21-25-32(36)26-22-30/h19-26,35-36H,3-18,27-28H2,1-2H3. The maximum atomic E-state index is 12.8. The number of rotatable bonds is 21. The molecule has 0 unspecified atom stereocenters. The molecule has 0 aliphatic carbocycles. The SMILES string of the molecule is CCCCCCCCCCCCCCCCCCOC(=O)CC(C)(c1ccc(O)cc1)c1ccc(O)cc1. The summed E-state index contributed by atoms with van der Waals surface area (Å²) in [5.74, 6) is 0.148. The minimum Gasteiger partial charge on any atom is -0.508 e. The van der Waals surface area contributed by atoms with Gasteiger partial charge in [0.25, 0.3) is 0 Å². The van der Waals surface area contributed by atoms with Crippen molar-refractivity contribution in [3.8, 4) is 11.5 Å². The third-order valence-corrected chi connectivity index (χ3v) is 7.77. The smallest absolute Gasteiger partial charge is 0.307 e. The van der Waals surface area contributed by atoms with E-state index in [1.165, 1.54) is 89.9 Å². The Morgan fingerprint density at radius 2 is 0.947 bits per heavy atom. The lowest BCUT2D eigenvalue weighted by atomic mass is 9.73. The van der Waals surface area contributed by atoms with E-state index < -0.39 is 5.41 Å². The first-order chi connectivity index (χ1) is 18.5. The van der Waals surface area contributed by atoms with E-state index in [1.54, 1.807) is 24.3 Å². The van der Waals surface area contributed by atoms with E-state index in [-0.39, 0.29) is 23.9 Å². The summed E-state index contributed by atoms with van der Waals surface area (Å²) in [6.45, 7) is 4.73. The van der Waals surface area contributed by atoms with Gasteiger partial charge in [-0.05, 0) is 41.8 Å². The zero-order valence-corrected chi connectivity index (χ0v) is 24.1. The highest BCUT2D eigenvalue weighted by atomic mass is 16.5. The van der Waals surface area contributed by atoms with E-state index in [0.29, 0.717) is 6.61 Å². The van der Waals surface area contributed by atoms with Crippen LogP contribution in [0.4, 0.5) is 0 Å². The number of hydrogen-bond donors (Lipinski definition) is 2. The average molecular weight is 525 g/mol. The highest BCUT2D eigenvalue weighted by Crippen LogP contribution is 2.37. The first-order valence-corrected chi connectivity index (χ1v) is 15.2. The third kappa shape index (κ3) is 12.4. The van der Waals surface area contributed by atoms with Crippen molar-refractivity contribution in [1.82, 2.24) is 0 Å². The Bertz CT molecular complexity index is 827. The Balaban J connectivity index is 1.57. The van der Waals surface area contributed by atoms with Gasteiger partial charge in [0.05, 0.1) is 13.0 Å². The van der Waals surface area contributed by atoms with Crippen LogP contribution in [0.1, 0.15) is 134 Å². The largest absolute Gasteiger partial charge is 0.508 e. The lowest BCUT2D eigenvalue weighted by Gasteiger charge is -2.30. The second kappa shape index (κ2) is 18.7. The van der Waals surface area contributed by atoms with Crippen LogP contribution in [0.5, 0.6) is 11.5 Å². The Labute approximate surface area is 231 Å². The fourth-order valence-electron chi connectivity index (χ4n) is 5.21. The Morgan fingerprint density at radius 3 is 1.32 bits per heavy atom. The van der Waals surface area contributed by atoms with Crippen LogP contribution in [0.25, 0.3) is 0 Å². The first-order valence-electron chi connectivity index (χ1n) is 15.2. The van der Waals surface area contributed by atoms with Crippen molar-refractivity contribution in [3.05, 3.63) is 59.7 Å². The van der Waals surface area contributed by atoms with E-state index in [2.05, 4.69) is 6.92 Å². The van der Waals surface area contributed by atoms with E-state index in [1.807, 2.05) is 31.2 Å². The van der Waals surface area contributed by atoms with Gasteiger partial charge in [-0.1, -0.05) is 134 Å². The Kier molecular flexibility index (Phi) is 15.6. The van der Waals surface area contributed by atoms with Crippen molar-refractivity contribution in [1.29, 1.82) is 0 Å². The van der Waals surface area contributed by atoms with Crippen LogP contribution in [0, 0.1) is 0 Å². The van der Waals surface area contributed by atoms with Gasteiger partial charge in [0.15, 0.2) is 0 Å². The van der Waals surface area contributed by atoms with Crippen LogP contribution in [0.3, 0.4) is 0 Å². The van der Waals surface area contributed by atoms with E-state index >= 15 is 0 Å². The lowest BCUT2D eigenvalue weighted by molar-refractivity contribution is -0.144. The summed E-state index contributed by atoms with van der Waals surface area (Å²) >= 11 is 0. The topological polar surface area (TPSA) is 66.8 Å². The molecule has 2 aromatic rings. The first kappa shape index (κ1) is 31.7. The predicted molar refractivity (Wildman–Crippen MR) is 158 cm³/mol. The molecule has 0 aliphatic heterocycles. The molecule has 0 saturated carbocycles. The molecule has 0 aromatic heterocycles. The quantitative estimate of drug-likeness (QED) is 0.126. The molecular weight excluding hydrogens is 472 g/mol. The maximum Gasteiger partial charge on any atom is 0.307 e. The van der Waals surface area contributed by atoms with Crippen molar-refractivity contribution in [3.63, 3.8) is 0 Å². The van der Waals surface area contributed by atoms with Crippen LogP contribution < -0.4 is 0 Å². The molecule has 0 heterocycles. The van der Waals surface area contributed by atoms with Gasteiger partial charge in [0.1, 0.15) is 11.5 Å².